The van der Waals surface area contributed by atoms with E-state index in [9.17, 15) is 5.11 Å². The maximum absolute atomic E-state index is 10.2. The summed E-state index contributed by atoms with van der Waals surface area (Å²) in [5, 5.41) is 16.2. The first-order valence-corrected chi connectivity index (χ1v) is 9.69. The van der Waals surface area contributed by atoms with Gasteiger partial charge in [-0.1, -0.05) is 41.4 Å². The van der Waals surface area contributed by atoms with E-state index in [0.717, 1.165) is 10.9 Å². The molecular weight excluding hydrogens is 423 g/mol. The standard InChI is InChI=1S/C22H16Cl2N4O2/c1-30-19-8-4-5-13(20(19)29)12-25-28-22-16-6-2-3-7-18(16)26-21(27-22)15-10-9-14(23)11-17(15)24/h2-12,29H,1H3,(H,26,27,28)/b25-12-. The number of phenols is 1. The smallest absolute Gasteiger partial charge is 0.166 e. The Morgan fingerprint density at radius 1 is 1.03 bits per heavy atom. The highest BCUT2D eigenvalue weighted by atomic mass is 35.5. The molecule has 2 N–H and O–H groups in total. The number of hydrogen-bond acceptors (Lipinski definition) is 6. The van der Waals surface area contributed by atoms with E-state index in [1.165, 1.54) is 13.3 Å². The summed E-state index contributed by atoms with van der Waals surface area (Å²) in [5.41, 5.74) is 4.83. The van der Waals surface area contributed by atoms with Gasteiger partial charge >= 0.3 is 0 Å². The van der Waals surface area contributed by atoms with Crippen LogP contribution in [0.4, 0.5) is 5.82 Å². The molecule has 8 heteroatoms. The number of halogens is 2. The number of nitrogens with zero attached hydrogens (tertiary/aromatic N) is 3. The molecule has 0 aliphatic carbocycles. The van der Waals surface area contributed by atoms with Crippen molar-refractivity contribution in [1.82, 2.24) is 9.97 Å². The van der Waals surface area contributed by atoms with Crippen molar-refractivity contribution in [3.8, 4) is 22.9 Å². The van der Waals surface area contributed by atoms with Crippen molar-refractivity contribution in [1.29, 1.82) is 0 Å². The average molecular weight is 439 g/mol. The van der Waals surface area contributed by atoms with E-state index in [1.54, 1.807) is 36.4 Å². The fourth-order valence-corrected chi connectivity index (χ4v) is 3.42. The van der Waals surface area contributed by atoms with Crippen molar-refractivity contribution in [2.24, 2.45) is 5.10 Å². The van der Waals surface area contributed by atoms with Crippen molar-refractivity contribution >= 4 is 46.1 Å². The lowest BCUT2D eigenvalue weighted by Crippen LogP contribution is -2.00. The monoisotopic (exact) mass is 438 g/mol. The van der Waals surface area contributed by atoms with E-state index in [-0.39, 0.29) is 5.75 Å². The molecule has 0 unspecified atom stereocenters. The van der Waals surface area contributed by atoms with Crippen LogP contribution in [-0.4, -0.2) is 28.4 Å². The van der Waals surface area contributed by atoms with E-state index < -0.39 is 0 Å². The molecular formula is C22H16Cl2N4O2. The second kappa shape index (κ2) is 8.57. The molecule has 0 aliphatic rings. The number of anilines is 1. The largest absolute Gasteiger partial charge is 0.504 e. The summed E-state index contributed by atoms with van der Waals surface area (Å²) in [5.74, 6) is 1.32. The minimum atomic E-state index is 0.00623. The molecule has 4 rings (SSSR count). The van der Waals surface area contributed by atoms with Crippen LogP contribution in [0.15, 0.2) is 65.8 Å². The zero-order valence-corrected chi connectivity index (χ0v) is 17.3. The lowest BCUT2D eigenvalue weighted by molar-refractivity contribution is 0.373. The van der Waals surface area contributed by atoms with Crippen LogP contribution in [0.2, 0.25) is 10.0 Å². The van der Waals surface area contributed by atoms with Crippen LogP contribution >= 0.6 is 23.2 Å². The van der Waals surface area contributed by atoms with Gasteiger partial charge in [-0.2, -0.15) is 5.10 Å². The lowest BCUT2D eigenvalue weighted by Gasteiger charge is -2.09. The number of hydrazone groups is 1. The third-order valence-electron chi connectivity index (χ3n) is 4.40. The highest BCUT2D eigenvalue weighted by molar-refractivity contribution is 6.36. The molecule has 150 valence electrons. The van der Waals surface area contributed by atoms with Crippen LogP contribution in [-0.2, 0) is 0 Å². The molecule has 1 heterocycles. The molecule has 0 radical (unpaired) electrons. The number of ether oxygens (including phenoxy) is 1. The Hall–Kier alpha value is -3.35. The van der Waals surface area contributed by atoms with Gasteiger partial charge in [0.25, 0.3) is 0 Å². The van der Waals surface area contributed by atoms with Crippen molar-refractivity contribution in [3.63, 3.8) is 0 Å². The maximum Gasteiger partial charge on any atom is 0.166 e. The molecule has 3 aromatic carbocycles. The molecule has 30 heavy (non-hydrogen) atoms. The van der Waals surface area contributed by atoms with E-state index in [2.05, 4.69) is 20.5 Å². The van der Waals surface area contributed by atoms with Crippen molar-refractivity contribution in [2.45, 2.75) is 0 Å². The molecule has 0 atom stereocenters. The predicted octanol–water partition coefficient (Wildman–Crippen LogP) is 5.76. The van der Waals surface area contributed by atoms with Crippen molar-refractivity contribution in [2.75, 3.05) is 12.5 Å². The summed E-state index contributed by atoms with van der Waals surface area (Å²) in [6.07, 6.45) is 1.49. The Kier molecular flexibility index (Phi) is 5.70. The quantitative estimate of drug-likeness (QED) is 0.305. The van der Waals surface area contributed by atoms with Gasteiger partial charge in [-0.25, -0.2) is 9.97 Å². The maximum atomic E-state index is 10.2. The number of para-hydroxylation sites is 2. The number of hydrogen-bond donors (Lipinski definition) is 2. The Bertz CT molecular complexity index is 1260. The van der Waals surface area contributed by atoms with E-state index >= 15 is 0 Å². The molecule has 0 saturated carbocycles. The van der Waals surface area contributed by atoms with Crippen LogP contribution in [0.5, 0.6) is 11.5 Å². The molecule has 0 fully saturated rings. The second-order valence-corrected chi connectivity index (χ2v) is 7.15. The molecule has 0 bridgehead atoms. The number of benzene rings is 3. The first kappa shape index (κ1) is 19.9. The zero-order valence-electron chi connectivity index (χ0n) is 15.8. The molecule has 0 spiro atoms. The summed E-state index contributed by atoms with van der Waals surface area (Å²) in [6.45, 7) is 0. The normalized spacial score (nSPS) is 11.2. The lowest BCUT2D eigenvalue weighted by atomic mass is 10.2. The van der Waals surface area contributed by atoms with Gasteiger partial charge in [0.1, 0.15) is 0 Å². The number of rotatable bonds is 5. The zero-order chi connectivity index (χ0) is 21.1. The Labute approximate surface area is 182 Å². The highest BCUT2D eigenvalue weighted by Gasteiger charge is 2.12. The molecule has 6 nitrogen and oxygen atoms in total. The van der Waals surface area contributed by atoms with Gasteiger partial charge in [-0.05, 0) is 42.5 Å². The molecule has 1 aromatic heterocycles. The number of aromatic hydroxyl groups is 1. The Morgan fingerprint density at radius 2 is 1.87 bits per heavy atom. The van der Waals surface area contributed by atoms with Crippen LogP contribution in [0.3, 0.4) is 0 Å². The molecule has 0 amide bonds. The van der Waals surface area contributed by atoms with Gasteiger partial charge in [-0.15, -0.1) is 0 Å². The minimum Gasteiger partial charge on any atom is -0.504 e. The van der Waals surface area contributed by atoms with Crippen LogP contribution in [0.1, 0.15) is 5.56 Å². The van der Waals surface area contributed by atoms with Crippen LogP contribution < -0.4 is 10.2 Å². The average Bonchev–Trinajstić information content (AvgIpc) is 2.74. The Balaban J connectivity index is 1.73. The number of aromatic nitrogens is 2. The summed E-state index contributed by atoms with van der Waals surface area (Å²) in [4.78, 5) is 9.21. The van der Waals surface area contributed by atoms with Gasteiger partial charge in [0.2, 0.25) is 0 Å². The van der Waals surface area contributed by atoms with Gasteiger partial charge in [0.05, 0.1) is 23.9 Å². The molecule has 0 aliphatic heterocycles. The highest BCUT2D eigenvalue weighted by Crippen LogP contribution is 2.31. The van der Waals surface area contributed by atoms with E-state index in [1.807, 2.05) is 24.3 Å². The summed E-state index contributed by atoms with van der Waals surface area (Å²) in [7, 11) is 1.49. The third-order valence-corrected chi connectivity index (χ3v) is 4.95. The second-order valence-electron chi connectivity index (χ2n) is 6.31. The number of fused-ring (bicyclic) bond motifs is 1. The first-order valence-electron chi connectivity index (χ1n) is 8.94. The summed E-state index contributed by atoms with van der Waals surface area (Å²) in [6, 6.07) is 17.9. The number of phenolic OH excluding ortho intramolecular Hbond substituents is 1. The first-order chi connectivity index (χ1) is 14.6. The fourth-order valence-electron chi connectivity index (χ4n) is 2.92. The van der Waals surface area contributed by atoms with Crippen LogP contribution in [0, 0.1) is 0 Å². The van der Waals surface area contributed by atoms with Gasteiger partial charge in [0.15, 0.2) is 23.1 Å². The summed E-state index contributed by atoms with van der Waals surface area (Å²) < 4.78 is 5.12. The van der Waals surface area contributed by atoms with Crippen molar-refractivity contribution < 1.29 is 9.84 Å². The van der Waals surface area contributed by atoms with E-state index in [4.69, 9.17) is 27.9 Å². The van der Waals surface area contributed by atoms with Gasteiger partial charge < -0.3 is 9.84 Å². The Morgan fingerprint density at radius 3 is 2.67 bits per heavy atom. The topological polar surface area (TPSA) is 79.6 Å². The molecule has 4 aromatic rings. The third kappa shape index (κ3) is 4.01. The minimum absolute atomic E-state index is 0.00623. The van der Waals surface area contributed by atoms with Crippen LogP contribution in [0.25, 0.3) is 22.3 Å². The summed E-state index contributed by atoms with van der Waals surface area (Å²) >= 11 is 12.3. The van der Waals surface area contributed by atoms with E-state index in [0.29, 0.717) is 38.6 Å². The number of methoxy groups -OCH3 is 1. The van der Waals surface area contributed by atoms with Gasteiger partial charge in [-0.3, -0.25) is 5.43 Å². The van der Waals surface area contributed by atoms with Gasteiger partial charge in [0, 0.05) is 21.5 Å². The number of nitrogens with one attached hydrogen (secondary N) is 1. The SMILES string of the molecule is COc1cccc(/C=N\Nc2nc(-c3ccc(Cl)cc3Cl)nc3ccccc23)c1O. The molecule has 0 saturated heterocycles. The van der Waals surface area contributed by atoms with Crippen molar-refractivity contribution in [3.05, 3.63) is 76.3 Å². The fraction of sp³-hybridized carbons (Fsp3) is 0.0455. The predicted molar refractivity (Wildman–Crippen MR) is 121 cm³/mol.